The summed E-state index contributed by atoms with van der Waals surface area (Å²) in [5, 5.41) is 3.41. The molecule has 1 aromatic heterocycles. The van der Waals surface area contributed by atoms with Crippen LogP contribution < -0.4 is 5.32 Å². The number of nitrogens with zero attached hydrogens (tertiary/aromatic N) is 3. The van der Waals surface area contributed by atoms with Gasteiger partial charge in [-0.3, -0.25) is 0 Å². The molecular weight excluding hydrogens is 256 g/mol. The number of carbonyl (C=O) groups is 1. The van der Waals surface area contributed by atoms with Crippen LogP contribution in [0.2, 0.25) is 0 Å². The lowest BCUT2D eigenvalue weighted by atomic mass is 10.2. The molecule has 0 radical (unpaired) electrons. The topological polar surface area (TPSA) is 59.4 Å². The number of hydrogen-bond acceptors (Lipinski definition) is 4. The first-order chi connectivity index (χ1) is 9.40. The van der Waals surface area contributed by atoms with Crippen molar-refractivity contribution in [2.45, 2.75) is 45.9 Å². The smallest absolute Gasteiger partial charge is 0.410 e. The minimum Gasteiger partial charge on any atom is -0.444 e. The molecule has 1 atom stereocenters. The lowest BCUT2D eigenvalue weighted by Crippen LogP contribution is -2.50. The minimum absolute atomic E-state index is 0.0613. The Morgan fingerprint density at radius 2 is 2.30 bits per heavy atom. The summed E-state index contributed by atoms with van der Waals surface area (Å²) in [6.07, 6.45) is 3.51. The average molecular weight is 280 g/mol. The summed E-state index contributed by atoms with van der Waals surface area (Å²) in [4.78, 5) is 18.3. The molecule has 1 saturated heterocycles. The van der Waals surface area contributed by atoms with Crippen molar-refractivity contribution in [2.24, 2.45) is 0 Å². The van der Waals surface area contributed by atoms with Crippen molar-refractivity contribution in [3.63, 3.8) is 0 Å². The van der Waals surface area contributed by atoms with Crippen LogP contribution in [-0.2, 0) is 11.3 Å². The van der Waals surface area contributed by atoms with E-state index in [1.54, 1.807) is 11.1 Å². The quantitative estimate of drug-likeness (QED) is 0.897. The van der Waals surface area contributed by atoms with Crippen LogP contribution in [0.15, 0.2) is 12.4 Å². The molecule has 1 aromatic rings. The van der Waals surface area contributed by atoms with Gasteiger partial charge >= 0.3 is 6.09 Å². The highest BCUT2D eigenvalue weighted by molar-refractivity contribution is 5.68. The van der Waals surface area contributed by atoms with Crippen LogP contribution >= 0.6 is 0 Å². The first-order valence-corrected chi connectivity index (χ1v) is 7.13. The van der Waals surface area contributed by atoms with E-state index in [2.05, 4.69) is 21.8 Å². The van der Waals surface area contributed by atoms with Gasteiger partial charge in [0.25, 0.3) is 0 Å². The second-order valence-electron chi connectivity index (χ2n) is 6.00. The predicted octanol–water partition coefficient (Wildman–Crippen LogP) is 1.78. The fourth-order valence-electron chi connectivity index (χ4n) is 2.31. The molecular formula is C14H24N4O2. The van der Waals surface area contributed by atoms with Crippen LogP contribution in [0.1, 0.15) is 39.6 Å². The number of rotatable bonds is 2. The Kier molecular flexibility index (Phi) is 4.32. The standard InChI is InChI=1S/C14H24N4O2/c1-5-17-8-7-16-12(17)11-10-18(9-6-15-11)13(19)20-14(2,3)4/h7-8,11,15H,5-6,9-10H2,1-4H3. The zero-order valence-corrected chi connectivity index (χ0v) is 12.7. The van der Waals surface area contributed by atoms with Gasteiger partial charge in [0.15, 0.2) is 0 Å². The van der Waals surface area contributed by atoms with Gasteiger partial charge in [-0.25, -0.2) is 9.78 Å². The Labute approximate surface area is 120 Å². The minimum atomic E-state index is -0.459. The van der Waals surface area contributed by atoms with Gasteiger partial charge in [-0.1, -0.05) is 0 Å². The maximum atomic E-state index is 12.1. The van der Waals surface area contributed by atoms with Gasteiger partial charge in [-0.2, -0.15) is 0 Å². The predicted molar refractivity (Wildman–Crippen MR) is 76.5 cm³/mol. The van der Waals surface area contributed by atoms with Gasteiger partial charge < -0.3 is 19.5 Å². The number of hydrogen-bond donors (Lipinski definition) is 1. The van der Waals surface area contributed by atoms with E-state index < -0.39 is 5.60 Å². The van der Waals surface area contributed by atoms with Crippen molar-refractivity contribution in [3.05, 3.63) is 18.2 Å². The highest BCUT2D eigenvalue weighted by Crippen LogP contribution is 2.18. The normalized spacial score (nSPS) is 20.0. The van der Waals surface area contributed by atoms with Gasteiger partial charge in [0.05, 0.1) is 6.04 Å². The number of imidazole rings is 1. The van der Waals surface area contributed by atoms with E-state index in [0.29, 0.717) is 13.1 Å². The van der Waals surface area contributed by atoms with Gasteiger partial charge in [0, 0.05) is 38.6 Å². The summed E-state index contributed by atoms with van der Waals surface area (Å²) < 4.78 is 7.52. The van der Waals surface area contributed by atoms with Crippen LogP contribution in [0.3, 0.4) is 0 Å². The summed E-state index contributed by atoms with van der Waals surface area (Å²) in [5.41, 5.74) is -0.459. The Morgan fingerprint density at radius 3 is 2.95 bits per heavy atom. The number of aromatic nitrogens is 2. The summed E-state index contributed by atoms with van der Waals surface area (Å²) in [6.45, 7) is 10.6. The van der Waals surface area contributed by atoms with E-state index in [0.717, 1.165) is 18.9 Å². The van der Waals surface area contributed by atoms with Crippen molar-refractivity contribution in [1.29, 1.82) is 0 Å². The second kappa shape index (κ2) is 5.83. The Morgan fingerprint density at radius 1 is 1.55 bits per heavy atom. The summed E-state index contributed by atoms with van der Waals surface area (Å²) in [5.74, 6) is 0.973. The number of aryl methyl sites for hydroxylation is 1. The first-order valence-electron chi connectivity index (χ1n) is 7.13. The van der Waals surface area contributed by atoms with E-state index in [-0.39, 0.29) is 12.1 Å². The number of amides is 1. The molecule has 6 heteroatoms. The maximum absolute atomic E-state index is 12.1. The zero-order chi connectivity index (χ0) is 14.8. The summed E-state index contributed by atoms with van der Waals surface area (Å²) >= 11 is 0. The SMILES string of the molecule is CCn1ccnc1C1CN(C(=O)OC(C)(C)C)CCN1. The highest BCUT2D eigenvalue weighted by atomic mass is 16.6. The van der Waals surface area contributed by atoms with Crippen molar-refractivity contribution < 1.29 is 9.53 Å². The maximum Gasteiger partial charge on any atom is 0.410 e. The Hall–Kier alpha value is -1.56. The van der Waals surface area contributed by atoms with Crippen LogP contribution in [0.25, 0.3) is 0 Å². The molecule has 6 nitrogen and oxygen atoms in total. The monoisotopic (exact) mass is 280 g/mol. The van der Waals surface area contributed by atoms with Crippen molar-refractivity contribution in [3.8, 4) is 0 Å². The second-order valence-corrected chi connectivity index (χ2v) is 6.00. The van der Waals surface area contributed by atoms with Crippen molar-refractivity contribution >= 4 is 6.09 Å². The van der Waals surface area contributed by atoms with E-state index in [1.807, 2.05) is 27.0 Å². The van der Waals surface area contributed by atoms with Gasteiger partial charge in [0.1, 0.15) is 11.4 Å². The summed E-state index contributed by atoms with van der Waals surface area (Å²) in [6, 6.07) is 0.0613. The number of carbonyl (C=O) groups excluding carboxylic acids is 1. The van der Waals surface area contributed by atoms with Crippen molar-refractivity contribution in [2.75, 3.05) is 19.6 Å². The molecule has 1 fully saturated rings. The lowest BCUT2D eigenvalue weighted by molar-refractivity contribution is 0.0191. The lowest BCUT2D eigenvalue weighted by Gasteiger charge is -2.34. The molecule has 0 bridgehead atoms. The molecule has 0 aliphatic carbocycles. The molecule has 1 aliphatic heterocycles. The van der Waals surface area contributed by atoms with Crippen molar-refractivity contribution in [1.82, 2.24) is 19.8 Å². The van der Waals surface area contributed by atoms with Crippen LogP contribution in [0.4, 0.5) is 4.79 Å². The third-order valence-electron chi connectivity index (χ3n) is 3.23. The Bertz CT molecular complexity index is 464. The average Bonchev–Trinajstić information content (AvgIpc) is 2.85. The fourth-order valence-corrected chi connectivity index (χ4v) is 2.31. The van der Waals surface area contributed by atoms with Gasteiger partial charge in [-0.05, 0) is 27.7 Å². The molecule has 1 amide bonds. The van der Waals surface area contributed by atoms with Crippen LogP contribution in [0, 0.1) is 0 Å². The number of ether oxygens (including phenoxy) is 1. The molecule has 20 heavy (non-hydrogen) atoms. The third kappa shape index (κ3) is 3.50. The molecule has 1 N–H and O–H groups in total. The highest BCUT2D eigenvalue weighted by Gasteiger charge is 2.29. The van der Waals surface area contributed by atoms with Gasteiger partial charge in [-0.15, -0.1) is 0 Å². The Balaban J connectivity index is 2.03. The molecule has 0 aromatic carbocycles. The first kappa shape index (κ1) is 14.8. The molecule has 0 spiro atoms. The zero-order valence-electron chi connectivity index (χ0n) is 12.7. The molecule has 1 aliphatic rings. The molecule has 2 heterocycles. The van der Waals surface area contributed by atoms with E-state index in [9.17, 15) is 4.79 Å². The summed E-state index contributed by atoms with van der Waals surface area (Å²) in [7, 11) is 0. The molecule has 1 unspecified atom stereocenters. The van der Waals surface area contributed by atoms with E-state index >= 15 is 0 Å². The van der Waals surface area contributed by atoms with Crippen LogP contribution in [-0.4, -0.2) is 45.8 Å². The van der Waals surface area contributed by atoms with Crippen LogP contribution in [0.5, 0.6) is 0 Å². The van der Waals surface area contributed by atoms with Gasteiger partial charge in [0.2, 0.25) is 0 Å². The largest absolute Gasteiger partial charge is 0.444 e. The van der Waals surface area contributed by atoms with E-state index in [4.69, 9.17) is 4.74 Å². The molecule has 2 rings (SSSR count). The molecule has 0 saturated carbocycles. The molecule has 112 valence electrons. The van der Waals surface area contributed by atoms with E-state index in [1.165, 1.54) is 0 Å². The fraction of sp³-hybridized carbons (Fsp3) is 0.714. The number of piperazine rings is 1. The number of nitrogens with one attached hydrogen (secondary N) is 1. The third-order valence-corrected chi connectivity index (χ3v) is 3.23.